The summed E-state index contributed by atoms with van der Waals surface area (Å²) in [5.41, 5.74) is 3.97. The summed E-state index contributed by atoms with van der Waals surface area (Å²) in [5.74, 6) is 0.591. The Hall–Kier alpha value is -1.19. The molecule has 22 heavy (non-hydrogen) atoms. The normalized spacial score (nSPS) is 17.8. The van der Waals surface area contributed by atoms with Gasteiger partial charge in [0.05, 0.1) is 11.7 Å². The lowest BCUT2D eigenvalue weighted by Crippen LogP contribution is -2.34. The quantitative estimate of drug-likeness (QED) is 0.776. The Morgan fingerprint density at radius 2 is 1.64 bits per heavy atom. The number of piperidine rings is 1. The Bertz CT molecular complexity index is 594. The first-order chi connectivity index (χ1) is 10.6. The van der Waals surface area contributed by atoms with E-state index in [4.69, 9.17) is 0 Å². The average Bonchev–Trinajstić information content (AvgIpc) is 2.95. The molecule has 0 spiro atoms. The maximum atomic E-state index is 4.52. The maximum absolute atomic E-state index is 4.52. The summed E-state index contributed by atoms with van der Waals surface area (Å²) in [4.78, 5) is 4.03. The highest BCUT2D eigenvalue weighted by atomic mass is 32.1. The van der Waals surface area contributed by atoms with Gasteiger partial charge in [0.2, 0.25) is 0 Å². The highest BCUT2D eigenvalue weighted by Gasteiger charge is 2.25. The van der Waals surface area contributed by atoms with E-state index in [1.54, 1.807) is 11.5 Å². The molecule has 0 amide bonds. The van der Waals surface area contributed by atoms with Crippen LogP contribution in [0.4, 0.5) is 0 Å². The first-order valence-corrected chi connectivity index (χ1v) is 9.19. The Morgan fingerprint density at radius 3 is 2.18 bits per heavy atom. The molecule has 0 aliphatic carbocycles. The Labute approximate surface area is 138 Å². The van der Waals surface area contributed by atoms with Gasteiger partial charge in [0, 0.05) is 4.88 Å². The van der Waals surface area contributed by atoms with Gasteiger partial charge in [-0.1, -0.05) is 44.5 Å². The SMILES string of the molecule is Cc1cc(C(c2ccc(C(C)C)cc2)N2CCCCC2)sn1. The van der Waals surface area contributed by atoms with Crippen molar-refractivity contribution < 1.29 is 0 Å². The third-order valence-electron chi connectivity index (χ3n) is 4.59. The first kappa shape index (κ1) is 15.7. The van der Waals surface area contributed by atoms with Crippen molar-refractivity contribution in [2.24, 2.45) is 0 Å². The smallest absolute Gasteiger partial charge is 0.0712 e. The summed E-state index contributed by atoms with van der Waals surface area (Å²) in [6, 6.07) is 11.9. The van der Waals surface area contributed by atoms with Crippen LogP contribution in [-0.4, -0.2) is 22.4 Å². The van der Waals surface area contributed by atoms with Gasteiger partial charge in [-0.05, 0) is 67.5 Å². The molecule has 1 saturated heterocycles. The van der Waals surface area contributed by atoms with E-state index in [1.807, 2.05) is 0 Å². The van der Waals surface area contributed by atoms with Crippen LogP contribution in [0.2, 0.25) is 0 Å². The molecule has 2 aromatic rings. The third-order valence-corrected chi connectivity index (χ3v) is 5.52. The molecule has 3 heteroatoms. The zero-order chi connectivity index (χ0) is 15.5. The van der Waals surface area contributed by atoms with Crippen molar-refractivity contribution in [2.75, 3.05) is 13.1 Å². The van der Waals surface area contributed by atoms with Gasteiger partial charge in [-0.3, -0.25) is 4.90 Å². The van der Waals surface area contributed by atoms with Gasteiger partial charge in [0.15, 0.2) is 0 Å². The molecule has 1 unspecified atom stereocenters. The van der Waals surface area contributed by atoms with Crippen LogP contribution in [0.5, 0.6) is 0 Å². The van der Waals surface area contributed by atoms with Gasteiger partial charge in [-0.25, -0.2) is 0 Å². The molecule has 118 valence electrons. The fraction of sp³-hybridized carbons (Fsp3) is 0.526. The number of benzene rings is 1. The van der Waals surface area contributed by atoms with E-state index in [0.29, 0.717) is 12.0 Å². The topological polar surface area (TPSA) is 16.1 Å². The van der Waals surface area contributed by atoms with Crippen LogP contribution in [0, 0.1) is 6.92 Å². The van der Waals surface area contributed by atoms with Gasteiger partial charge in [-0.2, -0.15) is 4.37 Å². The number of hydrogen-bond donors (Lipinski definition) is 0. The van der Waals surface area contributed by atoms with E-state index >= 15 is 0 Å². The lowest BCUT2D eigenvalue weighted by atomic mass is 9.96. The van der Waals surface area contributed by atoms with Crippen molar-refractivity contribution in [1.82, 2.24) is 9.27 Å². The number of aromatic nitrogens is 1. The van der Waals surface area contributed by atoms with Gasteiger partial charge in [0.1, 0.15) is 0 Å². The molecule has 2 heterocycles. The number of likely N-dealkylation sites (tertiary alicyclic amines) is 1. The van der Waals surface area contributed by atoms with Crippen molar-refractivity contribution in [2.45, 2.75) is 52.0 Å². The van der Waals surface area contributed by atoms with Gasteiger partial charge < -0.3 is 0 Å². The van der Waals surface area contributed by atoms with Crippen LogP contribution in [0.3, 0.4) is 0 Å². The van der Waals surface area contributed by atoms with E-state index in [9.17, 15) is 0 Å². The predicted molar refractivity (Wildman–Crippen MR) is 94.6 cm³/mol. The number of rotatable bonds is 4. The average molecular weight is 314 g/mol. The second-order valence-electron chi connectivity index (χ2n) is 6.69. The molecule has 0 N–H and O–H groups in total. The molecule has 1 atom stereocenters. The monoisotopic (exact) mass is 314 g/mol. The summed E-state index contributed by atoms with van der Waals surface area (Å²) in [6.07, 6.45) is 4.01. The van der Waals surface area contributed by atoms with Gasteiger partial charge >= 0.3 is 0 Å². The second kappa shape index (κ2) is 6.93. The van der Waals surface area contributed by atoms with Crippen LogP contribution in [-0.2, 0) is 0 Å². The van der Waals surface area contributed by atoms with Crippen LogP contribution in [0.25, 0.3) is 0 Å². The zero-order valence-corrected chi connectivity index (χ0v) is 14.7. The van der Waals surface area contributed by atoms with Crippen LogP contribution < -0.4 is 0 Å². The van der Waals surface area contributed by atoms with Crippen LogP contribution >= 0.6 is 11.5 Å². The first-order valence-electron chi connectivity index (χ1n) is 8.42. The predicted octanol–water partition coefficient (Wildman–Crippen LogP) is 5.15. The molecule has 1 aromatic heterocycles. The number of nitrogens with zero attached hydrogens (tertiary/aromatic N) is 2. The summed E-state index contributed by atoms with van der Waals surface area (Å²) < 4.78 is 4.52. The van der Waals surface area contributed by atoms with E-state index < -0.39 is 0 Å². The molecular weight excluding hydrogens is 288 g/mol. The standard InChI is InChI=1S/C19H26N2S/c1-14(2)16-7-9-17(10-8-16)19(18-13-15(3)20-22-18)21-11-5-4-6-12-21/h7-10,13-14,19H,4-6,11-12H2,1-3H3. The van der Waals surface area contributed by atoms with Crippen molar-refractivity contribution in [1.29, 1.82) is 0 Å². The summed E-state index contributed by atoms with van der Waals surface area (Å²) >= 11 is 1.66. The third kappa shape index (κ3) is 3.41. The van der Waals surface area contributed by atoms with Gasteiger partial charge in [-0.15, -0.1) is 0 Å². The number of hydrogen-bond acceptors (Lipinski definition) is 3. The van der Waals surface area contributed by atoms with Crippen molar-refractivity contribution >= 4 is 11.5 Å². The Kier molecular flexibility index (Phi) is 4.94. The zero-order valence-electron chi connectivity index (χ0n) is 13.9. The minimum Gasteiger partial charge on any atom is -0.292 e. The minimum atomic E-state index is 0.382. The highest BCUT2D eigenvalue weighted by Crippen LogP contribution is 2.34. The Balaban J connectivity index is 1.93. The molecule has 1 fully saturated rings. The Morgan fingerprint density at radius 1 is 1.00 bits per heavy atom. The summed E-state index contributed by atoms with van der Waals surface area (Å²) in [7, 11) is 0. The molecule has 1 aliphatic rings. The molecule has 0 radical (unpaired) electrons. The van der Waals surface area contributed by atoms with Crippen LogP contribution in [0.1, 0.15) is 66.8 Å². The lowest BCUT2D eigenvalue weighted by molar-refractivity contribution is 0.189. The molecule has 0 saturated carbocycles. The summed E-state index contributed by atoms with van der Waals surface area (Å²) in [6.45, 7) is 9.00. The van der Waals surface area contributed by atoms with Crippen molar-refractivity contribution in [3.05, 3.63) is 52.0 Å². The second-order valence-corrected chi connectivity index (χ2v) is 7.53. The van der Waals surface area contributed by atoms with E-state index in [1.165, 1.54) is 48.4 Å². The number of aryl methyl sites for hydroxylation is 1. The highest BCUT2D eigenvalue weighted by molar-refractivity contribution is 7.05. The summed E-state index contributed by atoms with van der Waals surface area (Å²) in [5, 5.41) is 0. The van der Waals surface area contributed by atoms with E-state index in [0.717, 1.165) is 5.69 Å². The fourth-order valence-electron chi connectivity index (χ4n) is 3.31. The van der Waals surface area contributed by atoms with E-state index in [2.05, 4.69) is 60.4 Å². The van der Waals surface area contributed by atoms with E-state index in [-0.39, 0.29) is 0 Å². The fourth-order valence-corrected chi connectivity index (χ4v) is 4.22. The molecule has 2 nitrogen and oxygen atoms in total. The van der Waals surface area contributed by atoms with Crippen molar-refractivity contribution in [3.63, 3.8) is 0 Å². The molecular formula is C19H26N2S. The molecule has 1 aliphatic heterocycles. The molecule has 0 bridgehead atoms. The molecule has 3 rings (SSSR count). The molecule has 1 aromatic carbocycles. The largest absolute Gasteiger partial charge is 0.292 e. The minimum absolute atomic E-state index is 0.382. The maximum Gasteiger partial charge on any atom is 0.0712 e. The van der Waals surface area contributed by atoms with Crippen molar-refractivity contribution in [3.8, 4) is 0 Å². The van der Waals surface area contributed by atoms with Crippen LogP contribution in [0.15, 0.2) is 30.3 Å². The van der Waals surface area contributed by atoms with Gasteiger partial charge in [0.25, 0.3) is 0 Å². The lowest BCUT2D eigenvalue weighted by Gasteiger charge is -2.34.